The fourth-order valence-electron chi connectivity index (χ4n) is 1.24. The molecule has 0 aliphatic heterocycles. The Kier molecular flexibility index (Phi) is 2.77. The summed E-state index contributed by atoms with van der Waals surface area (Å²) in [7, 11) is 1.26. The number of hydrogen-bond donors (Lipinski definition) is 1. The molecule has 1 rings (SSSR count). The molecule has 0 radical (unpaired) electrons. The monoisotopic (exact) mass is 213 g/mol. The number of carbonyl (C=O) groups is 1. The molecule has 0 bridgehead atoms. The van der Waals surface area contributed by atoms with Gasteiger partial charge in [0.1, 0.15) is 0 Å². The summed E-state index contributed by atoms with van der Waals surface area (Å²) < 4.78 is 24.6. The topological polar surface area (TPSA) is 40.5 Å². The van der Waals surface area contributed by atoms with Crippen LogP contribution in [0, 0.1) is 0 Å². The second-order valence-electron chi connectivity index (χ2n) is 3.19. The van der Waals surface area contributed by atoms with E-state index in [0.717, 1.165) is 4.90 Å². The molecule has 6 heteroatoms. The summed E-state index contributed by atoms with van der Waals surface area (Å²) in [5, 5.41) is 5.06. The van der Waals surface area contributed by atoms with Crippen molar-refractivity contribution in [2.24, 2.45) is 0 Å². The van der Waals surface area contributed by atoms with Gasteiger partial charge in [0.15, 0.2) is 0 Å². The number of amides is 1. The van der Waals surface area contributed by atoms with Gasteiger partial charge in [0, 0.05) is 13.1 Å². The van der Waals surface area contributed by atoms with Crippen LogP contribution in [0.3, 0.4) is 0 Å². The summed E-state index contributed by atoms with van der Waals surface area (Å²) in [4.78, 5) is 11.8. The smallest absolute Gasteiger partial charge is 0.393 e. The van der Waals surface area contributed by atoms with Crippen LogP contribution in [0.1, 0.15) is 12.8 Å². The van der Waals surface area contributed by atoms with E-state index in [1.54, 1.807) is 0 Å². The number of aliphatic hydroxyl groups is 1. The molecule has 0 atom stereocenters. The minimum absolute atomic E-state index is 0.313. The van der Waals surface area contributed by atoms with E-state index in [0.29, 0.717) is 12.8 Å². The van der Waals surface area contributed by atoms with Crippen LogP contribution in [0.15, 0.2) is 0 Å². The first-order chi connectivity index (χ1) is 5.82. The molecule has 1 N–H and O–H groups in total. The second kappa shape index (κ2) is 3.38. The van der Waals surface area contributed by atoms with E-state index >= 15 is 0 Å². The highest BCUT2D eigenvalue weighted by Gasteiger charge is 2.43. The Labute approximate surface area is 79.3 Å². The predicted octanol–water partition coefficient (Wildman–Crippen LogP) is 0.800. The fourth-order valence-corrected chi connectivity index (χ4v) is 1.37. The fraction of sp³-hybridized carbons (Fsp3) is 0.857. The minimum Gasteiger partial charge on any atom is -0.393 e. The summed E-state index contributed by atoms with van der Waals surface area (Å²) >= 11 is 4.55. The molecule has 1 aliphatic rings. The average molecular weight is 214 g/mol. The molecule has 76 valence electrons. The van der Waals surface area contributed by atoms with Crippen molar-refractivity contribution in [3.05, 3.63) is 0 Å². The maximum atomic E-state index is 12.3. The number of carbonyl (C=O) groups excluding carboxylic acids is 1. The molecule has 0 heterocycles. The molecule has 13 heavy (non-hydrogen) atoms. The van der Waals surface area contributed by atoms with Crippen molar-refractivity contribution >= 4 is 17.5 Å². The quantitative estimate of drug-likeness (QED) is 0.690. The normalized spacial score (nSPS) is 28.1. The second-order valence-corrected chi connectivity index (χ2v) is 3.67. The summed E-state index contributed by atoms with van der Waals surface area (Å²) in [5.41, 5.74) is 0. The maximum Gasteiger partial charge on any atom is 0.399 e. The van der Waals surface area contributed by atoms with Gasteiger partial charge in [-0.25, -0.2) is 0 Å². The van der Waals surface area contributed by atoms with Gasteiger partial charge in [0.25, 0.3) is 0 Å². The van der Waals surface area contributed by atoms with Crippen LogP contribution in [0.2, 0.25) is 0 Å². The Morgan fingerprint density at radius 1 is 1.62 bits per heavy atom. The van der Waals surface area contributed by atoms with Crippen molar-refractivity contribution in [2.75, 3.05) is 7.05 Å². The van der Waals surface area contributed by atoms with Gasteiger partial charge in [-0.3, -0.25) is 4.79 Å². The first-order valence-electron chi connectivity index (χ1n) is 3.84. The van der Waals surface area contributed by atoms with Gasteiger partial charge in [0.2, 0.25) is 0 Å². The third-order valence-corrected chi connectivity index (χ3v) is 2.36. The Morgan fingerprint density at radius 3 is 2.38 bits per heavy atom. The maximum absolute atomic E-state index is 12.3. The van der Waals surface area contributed by atoms with Crippen molar-refractivity contribution in [3.8, 4) is 0 Å². The third kappa shape index (κ3) is 2.28. The van der Waals surface area contributed by atoms with Gasteiger partial charge in [-0.1, -0.05) is 0 Å². The highest BCUT2D eigenvalue weighted by molar-refractivity contribution is 6.32. The Balaban J connectivity index is 2.49. The number of rotatable bonds is 2. The molecule has 0 saturated heterocycles. The summed E-state index contributed by atoms with van der Waals surface area (Å²) in [5.74, 6) is -1.41. The van der Waals surface area contributed by atoms with Gasteiger partial charge < -0.3 is 10.0 Å². The van der Waals surface area contributed by atoms with Crippen molar-refractivity contribution in [2.45, 2.75) is 30.4 Å². The Hall–Kier alpha value is -0.420. The predicted molar refractivity (Wildman–Crippen MR) is 42.6 cm³/mol. The van der Waals surface area contributed by atoms with Gasteiger partial charge >= 0.3 is 11.3 Å². The summed E-state index contributed by atoms with van der Waals surface area (Å²) in [6.45, 7) is 0. The van der Waals surface area contributed by atoms with E-state index in [9.17, 15) is 13.6 Å². The number of hydrogen-bond acceptors (Lipinski definition) is 2. The summed E-state index contributed by atoms with van der Waals surface area (Å²) in [6, 6.07) is -0.313. The van der Waals surface area contributed by atoms with Crippen LogP contribution < -0.4 is 0 Å². The van der Waals surface area contributed by atoms with Crippen molar-refractivity contribution in [3.63, 3.8) is 0 Å². The van der Waals surface area contributed by atoms with Crippen molar-refractivity contribution in [1.82, 2.24) is 4.90 Å². The van der Waals surface area contributed by atoms with Crippen molar-refractivity contribution < 1.29 is 18.7 Å². The van der Waals surface area contributed by atoms with E-state index < -0.39 is 17.4 Å². The molecule has 1 fully saturated rings. The SMILES string of the molecule is CN(C(=O)C(F)(F)Cl)C1CC(O)C1. The molecule has 0 aromatic rings. The lowest BCUT2D eigenvalue weighted by Crippen LogP contribution is -2.51. The molecule has 3 nitrogen and oxygen atoms in total. The van der Waals surface area contributed by atoms with Crippen LogP contribution in [0.5, 0.6) is 0 Å². The Morgan fingerprint density at radius 2 is 2.08 bits per heavy atom. The van der Waals surface area contributed by atoms with E-state index in [-0.39, 0.29) is 6.04 Å². The lowest BCUT2D eigenvalue weighted by Gasteiger charge is -2.38. The molecular weight excluding hydrogens is 204 g/mol. The van der Waals surface area contributed by atoms with Crippen LogP contribution >= 0.6 is 11.6 Å². The zero-order chi connectivity index (χ0) is 10.2. The molecule has 1 aliphatic carbocycles. The molecule has 0 aromatic carbocycles. The molecule has 1 amide bonds. The highest BCUT2D eigenvalue weighted by atomic mass is 35.5. The van der Waals surface area contributed by atoms with Gasteiger partial charge in [-0.05, 0) is 24.4 Å². The first kappa shape index (κ1) is 10.7. The Bertz CT molecular complexity index is 213. The number of halogens is 3. The molecule has 1 saturated carbocycles. The van der Waals surface area contributed by atoms with Crippen LogP contribution in [-0.2, 0) is 4.79 Å². The lowest BCUT2D eigenvalue weighted by atomic mass is 9.88. The highest BCUT2D eigenvalue weighted by Crippen LogP contribution is 2.29. The van der Waals surface area contributed by atoms with E-state index in [2.05, 4.69) is 11.6 Å². The number of alkyl halides is 3. The molecule has 0 unspecified atom stereocenters. The van der Waals surface area contributed by atoms with Crippen LogP contribution in [-0.4, -0.2) is 40.5 Å². The van der Waals surface area contributed by atoms with Gasteiger partial charge in [-0.15, -0.1) is 0 Å². The average Bonchev–Trinajstić information content (AvgIpc) is 1.94. The molecule has 0 spiro atoms. The number of nitrogens with zero attached hydrogens (tertiary/aromatic N) is 1. The van der Waals surface area contributed by atoms with Crippen LogP contribution in [0.25, 0.3) is 0 Å². The lowest BCUT2D eigenvalue weighted by molar-refractivity contribution is -0.151. The summed E-state index contributed by atoms with van der Waals surface area (Å²) in [6.07, 6.45) is 0.203. The third-order valence-electron chi connectivity index (χ3n) is 2.20. The first-order valence-corrected chi connectivity index (χ1v) is 4.22. The van der Waals surface area contributed by atoms with Crippen molar-refractivity contribution in [1.29, 1.82) is 0 Å². The van der Waals surface area contributed by atoms with E-state index in [1.165, 1.54) is 7.05 Å². The molecular formula is C7H10ClF2NO2. The minimum atomic E-state index is -3.84. The zero-order valence-electron chi connectivity index (χ0n) is 7.01. The van der Waals surface area contributed by atoms with E-state index in [1.807, 2.05) is 0 Å². The molecule has 0 aromatic heterocycles. The van der Waals surface area contributed by atoms with Gasteiger partial charge in [-0.2, -0.15) is 8.78 Å². The van der Waals surface area contributed by atoms with Crippen LogP contribution in [0.4, 0.5) is 8.78 Å². The van der Waals surface area contributed by atoms with E-state index in [4.69, 9.17) is 5.11 Å². The largest absolute Gasteiger partial charge is 0.399 e. The number of aliphatic hydroxyl groups excluding tert-OH is 1. The van der Waals surface area contributed by atoms with Gasteiger partial charge in [0.05, 0.1) is 6.10 Å². The standard InChI is InChI=1S/C7H10ClF2NO2/c1-11(4-2-5(12)3-4)6(13)7(8,9)10/h4-5,12H,2-3H2,1H3. The zero-order valence-corrected chi connectivity index (χ0v) is 7.76.